The topological polar surface area (TPSA) is 29.1 Å². The summed E-state index contributed by atoms with van der Waals surface area (Å²) >= 11 is 5.64. The maximum Gasteiger partial charge on any atom is 0.251 e. The third kappa shape index (κ3) is 3.65. The number of hydrogen-bond acceptors (Lipinski definition) is 1. The van der Waals surface area contributed by atoms with Crippen LogP contribution >= 0.6 is 11.6 Å². The smallest absolute Gasteiger partial charge is 0.251 e. The molecule has 0 aliphatic rings. The third-order valence-corrected chi connectivity index (χ3v) is 2.23. The van der Waals surface area contributed by atoms with E-state index in [0.29, 0.717) is 24.4 Å². The molecule has 1 aromatic rings. The molecule has 78 valence electrons. The van der Waals surface area contributed by atoms with Gasteiger partial charge in [-0.05, 0) is 17.7 Å². The lowest BCUT2D eigenvalue weighted by atomic mass is 10.1. The molecule has 0 fully saturated rings. The summed E-state index contributed by atoms with van der Waals surface area (Å²) in [7, 11) is 0. The molecule has 1 amide bonds. The summed E-state index contributed by atoms with van der Waals surface area (Å²) in [5, 5.41) is 2.72. The predicted molar refractivity (Wildman–Crippen MR) is 61.8 cm³/mol. The van der Waals surface area contributed by atoms with Gasteiger partial charge in [0, 0.05) is 24.4 Å². The van der Waals surface area contributed by atoms with Gasteiger partial charge in [0.15, 0.2) is 0 Å². The normalized spacial score (nSPS) is 9.33. The number of amides is 1. The van der Waals surface area contributed by atoms with Gasteiger partial charge in [-0.15, -0.1) is 23.9 Å². The molecular weight excluding hydrogens is 210 g/mol. The molecule has 15 heavy (non-hydrogen) atoms. The Morgan fingerprint density at radius 3 is 2.60 bits per heavy atom. The minimum atomic E-state index is -0.105. The van der Waals surface area contributed by atoms with Crippen LogP contribution in [0.3, 0.4) is 0 Å². The van der Waals surface area contributed by atoms with Gasteiger partial charge in [0.2, 0.25) is 0 Å². The van der Waals surface area contributed by atoms with Crippen LogP contribution in [0.15, 0.2) is 24.3 Å². The summed E-state index contributed by atoms with van der Waals surface area (Å²) in [6.07, 6.45) is 5.62. The molecule has 0 aromatic heterocycles. The zero-order chi connectivity index (χ0) is 11.1. The quantitative estimate of drug-likeness (QED) is 0.471. The summed E-state index contributed by atoms with van der Waals surface area (Å²) in [4.78, 5) is 11.5. The van der Waals surface area contributed by atoms with Gasteiger partial charge < -0.3 is 5.32 Å². The van der Waals surface area contributed by atoms with E-state index in [4.69, 9.17) is 18.0 Å². The first-order valence-corrected chi connectivity index (χ1v) is 5.18. The molecule has 0 unspecified atom stereocenters. The molecule has 0 aliphatic heterocycles. The summed E-state index contributed by atoms with van der Waals surface area (Å²) in [5.74, 6) is 2.81. The van der Waals surface area contributed by atoms with E-state index >= 15 is 0 Å². The molecule has 0 saturated heterocycles. The highest BCUT2D eigenvalue weighted by Gasteiger charge is 2.03. The largest absolute Gasteiger partial charge is 0.351 e. The number of nitrogens with one attached hydrogen (secondary N) is 1. The highest BCUT2D eigenvalue weighted by atomic mass is 35.5. The van der Waals surface area contributed by atoms with Crippen LogP contribution in [0.25, 0.3) is 0 Å². The van der Waals surface area contributed by atoms with Gasteiger partial charge in [-0.3, -0.25) is 4.79 Å². The maximum absolute atomic E-state index is 11.5. The number of hydrogen-bond donors (Lipinski definition) is 1. The highest BCUT2D eigenvalue weighted by Crippen LogP contribution is 2.06. The van der Waals surface area contributed by atoms with Gasteiger partial charge >= 0.3 is 0 Å². The average Bonchev–Trinajstić information content (AvgIpc) is 2.29. The lowest BCUT2D eigenvalue weighted by Gasteiger charge is -2.03. The standard InChI is InChI=1S/C12H12ClNO/c1-2-3-8-14-12(15)11-6-4-10(9-13)5-7-11/h1,4-7H,3,8-9H2,(H,14,15). The van der Waals surface area contributed by atoms with Gasteiger partial charge in [0.1, 0.15) is 0 Å². The van der Waals surface area contributed by atoms with E-state index in [-0.39, 0.29) is 5.91 Å². The van der Waals surface area contributed by atoms with Gasteiger partial charge in [-0.25, -0.2) is 0 Å². The van der Waals surface area contributed by atoms with Crippen molar-refractivity contribution in [2.24, 2.45) is 0 Å². The Bertz CT molecular complexity index is 364. The van der Waals surface area contributed by atoms with Crippen LogP contribution < -0.4 is 5.32 Å². The Balaban J connectivity index is 2.55. The zero-order valence-corrected chi connectivity index (χ0v) is 9.05. The first kappa shape index (κ1) is 11.6. The van der Waals surface area contributed by atoms with Gasteiger partial charge in [0.25, 0.3) is 5.91 Å². The van der Waals surface area contributed by atoms with Crippen molar-refractivity contribution in [2.45, 2.75) is 12.3 Å². The molecule has 2 nitrogen and oxygen atoms in total. The first-order chi connectivity index (χ1) is 7.27. The van der Waals surface area contributed by atoms with E-state index in [2.05, 4.69) is 11.2 Å². The fourth-order valence-corrected chi connectivity index (χ4v) is 1.27. The molecule has 0 saturated carbocycles. The SMILES string of the molecule is C#CCCNC(=O)c1ccc(CCl)cc1. The molecular formula is C12H12ClNO. The van der Waals surface area contributed by atoms with E-state index in [1.54, 1.807) is 12.1 Å². The monoisotopic (exact) mass is 221 g/mol. The number of benzene rings is 1. The summed E-state index contributed by atoms with van der Waals surface area (Å²) < 4.78 is 0. The molecule has 0 bridgehead atoms. The number of rotatable bonds is 4. The molecule has 1 rings (SSSR count). The lowest BCUT2D eigenvalue weighted by molar-refractivity contribution is 0.0954. The lowest BCUT2D eigenvalue weighted by Crippen LogP contribution is -2.24. The van der Waals surface area contributed by atoms with Crippen molar-refractivity contribution < 1.29 is 4.79 Å². The van der Waals surface area contributed by atoms with Crippen molar-refractivity contribution in [3.63, 3.8) is 0 Å². The van der Waals surface area contributed by atoms with Crippen LogP contribution in [0.1, 0.15) is 22.3 Å². The van der Waals surface area contributed by atoms with E-state index in [1.165, 1.54) is 0 Å². The van der Waals surface area contributed by atoms with Gasteiger partial charge in [0.05, 0.1) is 0 Å². The first-order valence-electron chi connectivity index (χ1n) is 4.64. The Morgan fingerprint density at radius 1 is 1.40 bits per heavy atom. The molecule has 0 heterocycles. The molecule has 3 heteroatoms. The van der Waals surface area contributed by atoms with Crippen LogP contribution in [0.4, 0.5) is 0 Å². The van der Waals surface area contributed by atoms with Crippen molar-refractivity contribution in [3.8, 4) is 12.3 Å². The molecule has 1 aromatic carbocycles. The fourth-order valence-electron chi connectivity index (χ4n) is 1.10. The van der Waals surface area contributed by atoms with Crippen LogP contribution in [0, 0.1) is 12.3 Å². The fraction of sp³-hybridized carbons (Fsp3) is 0.250. The molecule has 0 radical (unpaired) electrons. The van der Waals surface area contributed by atoms with Gasteiger partial charge in [-0.1, -0.05) is 12.1 Å². The third-order valence-electron chi connectivity index (χ3n) is 1.93. The summed E-state index contributed by atoms with van der Waals surface area (Å²) in [6, 6.07) is 7.18. The molecule has 0 spiro atoms. The molecule has 0 atom stereocenters. The number of halogens is 1. The van der Waals surface area contributed by atoms with Crippen molar-refractivity contribution in [2.75, 3.05) is 6.54 Å². The molecule has 1 N–H and O–H groups in total. The minimum absolute atomic E-state index is 0.105. The second-order valence-corrected chi connectivity index (χ2v) is 3.31. The van der Waals surface area contributed by atoms with Crippen LogP contribution in [0.5, 0.6) is 0 Å². The van der Waals surface area contributed by atoms with Gasteiger partial charge in [-0.2, -0.15) is 0 Å². The Kier molecular flexibility index (Phi) is 4.73. The Labute approximate surface area is 94.6 Å². The van der Waals surface area contributed by atoms with Crippen molar-refractivity contribution in [1.82, 2.24) is 5.32 Å². The van der Waals surface area contributed by atoms with Crippen molar-refractivity contribution in [3.05, 3.63) is 35.4 Å². The van der Waals surface area contributed by atoms with E-state index in [0.717, 1.165) is 5.56 Å². The highest BCUT2D eigenvalue weighted by molar-refractivity contribution is 6.17. The van der Waals surface area contributed by atoms with Crippen LogP contribution in [0.2, 0.25) is 0 Å². The van der Waals surface area contributed by atoms with Crippen molar-refractivity contribution >= 4 is 17.5 Å². The predicted octanol–water partition coefficient (Wildman–Crippen LogP) is 2.18. The summed E-state index contributed by atoms with van der Waals surface area (Å²) in [6.45, 7) is 0.507. The second kappa shape index (κ2) is 6.10. The van der Waals surface area contributed by atoms with E-state index in [1.807, 2.05) is 12.1 Å². The summed E-state index contributed by atoms with van der Waals surface area (Å²) in [5.41, 5.74) is 1.62. The van der Waals surface area contributed by atoms with E-state index in [9.17, 15) is 4.79 Å². The number of alkyl halides is 1. The zero-order valence-electron chi connectivity index (χ0n) is 8.29. The van der Waals surface area contributed by atoms with Crippen LogP contribution in [-0.4, -0.2) is 12.5 Å². The van der Waals surface area contributed by atoms with E-state index < -0.39 is 0 Å². The van der Waals surface area contributed by atoms with Crippen molar-refractivity contribution in [1.29, 1.82) is 0 Å². The number of carbonyl (C=O) groups excluding carboxylic acids is 1. The maximum atomic E-state index is 11.5. The second-order valence-electron chi connectivity index (χ2n) is 3.04. The Hall–Kier alpha value is -1.46. The number of terminal acetylenes is 1. The average molecular weight is 222 g/mol. The molecule has 0 aliphatic carbocycles. The van der Waals surface area contributed by atoms with Crippen LogP contribution in [-0.2, 0) is 5.88 Å². The Morgan fingerprint density at radius 2 is 2.07 bits per heavy atom. The number of carbonyl (C=O) groups is 1. The minimum Gasteiger partial charge on any atom is -0.351 e.